The Balaban J connectivity index is 2.08. The fourth-order valence-electron chi connectivity index (χ4n) is 1.60. The minimum Gasteiger partial charge on any atom is -0.348 e. The quantitative estimate of drug-likeness (QED) is 0.748. The van der Waals surface area contributed by atoms with Crippen LogP contribution in [0.2, 0.25) is 5.02 Å². The first-order valence-electron chi connectivity index (χ1n) is 5.64. The van der Waals surface area contributed by atoms with Crippen LogP contribution in [0.4, 0.5) is 4.39 Å². The van der Waals surface area contributed by atoms with Gasteiger partial charge in [-0.3, -0.25) is 4.79 Å². The van der Waals surface area contributed by atoms with E-state index in [1.807, 2.05) is 6.07 Å². The fraction of sp³-hybridized carbons (Fsp3) is 0.0714. The highest BCUT2D eigenvalue weighted by molar-refractivity contribution is 9.11. The molecule has 0 saturated carbocycles. The zero-order valence-electron chi connectivity index (χ0n) is 10.1. The maximum Gasteiger partial charge on any atom is 0.252 e. The number of rotatable bonds is 3. The number of carbonyl (C=O) groups excluding carboxylic acids is 1. The van der Waals surface area contributed by atoms with Crippen LogP contribution in [-0.4, -0.2) is 5.91 Å². The minimum absolute atomic E-state index is 0.0420. The molecular weight excluding hydrogens is 412 g/mol. The monoisotopic (exact) mass is 419 g/mol. The Morgan fingerprint density at radius 2 is 1.95 bits per heavy atom. The molecule has 0 atom stereocenters. The predicted octanol–water partition coefficient (Wildman–Crippen LogP) is 4.93. The second-order valence-electron chi connectivity index (χ2n) is 4.06. The molecule has 20 heavy (non-hydrogen) atoms. The standard InChI is InChI=1S/C14H9Br2ClFNO/c15-9-2-3-11(16)10(6-9)14(20)19-7-8-1-4-13(18)12(17)5-8/h1-6H,7H2,(H,19,20). The highest BCUT2D eigenvalue weighted by atomic mass is 79.9. The minimum atomic E-state index is -0.475. The molecule has 2 rings (SSSR count). The highest BCUT2D eigenvalue weighted by Gasteiger charge is 2.10. The van der Waals surface area contributed by atoms with Crippen molar-refractivity contribution < 1.29 is 9.18 Å². The lowest BCUT2D eigenvalue weighted by Gasteiger charge is -2.08. The van der Waals surface area contributed by atoms with E-state index in [9.17, 15) is 9.18 Å². The van der Waals surface area contributed by atoms with Crippen molar-refractivity contribution in [1.29, 1.82) is 0 Å². The lowest BCUT2D eigenvalue weighted by molar-refractivity contribution is 0.0950. The summed E-state index contributed by atoms with van der Waals surface area (Å²) in [6.07, 6.45) is 0. The molecule has 0 aliphatic heterocycles. The van der Waals surface area contributed by atoms with Crippen LogP contribution in [-0.2, 0) is 6.54 Å². The average molecular weight is 421 g/mol. The summed E-state index contributed by atoms with van der Waals surface area (Å²) < 4.78 is 14.5. The SMILES string of the molecule is O=C(NCc1ccc(F)c(Cl)c1)c1cc(Br)ccc1Br. The summed E-state index contributed by atoms with van der Waals surface area (Å²) in [6.45, 7) is 0.276. The third-order valence-electron chi connectivity index (χ3n) is 2.61. The number of amides is 1. The molecule has 1 N–H and O–H groups in total. The van der Waals surface area contributed by atoms with E-state index < -0.39 is 5.82 Å². The Labute approximate surface area is 137 Å². The van der Waals surface area contributed by atoms with E-state index in [2.05, 4.69) is 37.2 Å². The van der Waals surface area contributed by atoms with E-state index in [0.717, 1.165) is 10.0 Å². The van der Waals surface area contributed by atoms with Crippen molar-refractivity contribution in [3.63, 3.8) is 0 Å². The number of hydrogen-bond donors (Lipinski definition) is 1. The Hall–Kier alpha value is -0.910. The summed E-state index contributed by atoms with van der Waals surface area (Å²) in [4.78, 5) is 12.1. The summed E-state index contributed by atoms with van der Waals surface area (Å²) >= 11 is 12.3. The molecule has 0 spiro atoms. The summed E-state index contributed by atoms with van der Waals surface area (Å²) in [5.74, 6) is -0.699. The lowest BCUT2D eigenvalue weighted by atomic mass is 10.2. The molecule has 0 radical (unpaired) electrons. The first-order chi connectivity index (χ1) is 9.47. The molecule has 0 fully saturated rings. The normalized spacial score (nSPS) is 10.4. The number of nitrogens with one attached hydrogen (secondary N) is 1. The molecular formula is C14H9Br2ClFNO. The van der Waals surface area contributed by atoms with Crippen LogP contribution in [0.1, 0.15) is 15.9 Å². The molecule has 6 heteroatoms. The van der Waals surface area contributed by atoms with Crippen LogP contribution < -0.4 is 5.32 Å². The topological polar surface area (TPSA) is 29.1 Å². The Morgan fingerprint density at radius 3 is 2.65 bits per heavy atom. The number of benzene rings is 2. The predicted molar refractivity (Wildman–Crippen MR) is 84.4 cm³/mol. The second-order valence-corrected chi connectivity index (χ2v) is 6.23. The largest absolute Gasteiger partial charge is 0.348 e. The van der Waals surface area contributed by atoms with E-state index in [0.29, 0.717) is 10.0 Å². The molecule has 2 aromatic carbocycles. The Bertz CT molecular complexity index is 664. The summed E-state index contributed by atoms with van der Waals surface area (Å²) in [7, 11) is 0. The molecule has 104 valence electrons. The van der Waals surface area contributed by atoms with Crippen LogP contribution in [0, 0.1) is 5.82 Å². The molecule has 0 heterocycles. The third-order valence-corrected chi connectivity index (χ3v) is 4.08. The van der Waals surface area contributed by atoms with Gasteiger partial charge in [0.15, 0.2) is 0 Å². The van der Waals surface area contributed by atoms with Crippen LogP contribution >= 0.6 is 43.5 Å². The first-order valence-corrected chi connectivity index (χ1v) is 7.61. The molecule has 0 unspecified atom stereocenters. The molecule has 2 aromatic rings. The Morgan fingerprint density at radius 1 is 1.20 bits per heavy atom. The molecule has 0 bridgehead atoms. The van der Waals surface area contributed by atoms with E-state index in [-0.39, 0.29) is 17.5 Å². The molecule has 0 aliphatic carbocycles. The van der Waals surface area contributed by atoms with E-state index in [1.54, 1.807) is 18.2 Å². The average Bonchev–Trinajstić information content (AvgIpc) is 2.42. The zero-order chi connectivity index (χ0) is 14.7. The number of halogens is 4. The molecule has 2 nitrogen and oxygen atoms in total. The maximum atomic E-state index is 13.0. The van der Waals surface area contributed by atoms with Crippen LogP contribution in [0.25, 0.3) is 0 Å². The van der Waals surface area contributed by atoms with Gasteiger partial charge < -0.3 is 5.32 Å². The van der Waals surface area contributed by atoms with Gasteiger partial charge in [0.25, 0.3) is 5.91 Å². The lowest BCUT2D eigenvalue weighted by Crippen LogP contribution is -2.23. The molecule has 0 saturated heterocycles. The summed E-state index contributed by atoms with van der Waals surface area (Å²) in [5, 5.41) is 2.80. The van der Waals surface area contributed by atoms with Crippen LogP contribution in [0.3, 0.4) is 0 Å². The van der Waals surface area contributed by atoms with Gasteiger partial charge in [-0.2, -0.15) is 0 Å². The first kappa shape index (κ1) is 15.5. The number of carbonyl (C=O) groups is 1. The van der Waals surface area contributed by atoms with Gasteiger partial charge in [0.2, 0.25) is 0 Å². The van der Waals surface area contributed by atoms with Gasteiger partial charge in [0.1, 0.15) is 5.82 Å². The van der Waals surface area contributed by atoms with Crippen molar-refractivity contribution in [2.24, 2.45) is 0 Å². The van der Waals surface area contributed by atoms with E-state index in [1.165, 1.54) is 12.1 Å². The van der Waals surface area contributed by atoms with Crippen LogP contribution in [0.15, 0.2) is 45.3 Å². The van der Waals surface area contributed by atoms with Crippen molar-refractivity contribution in [1.82, 2.24) is 5.32 Å². The van der Waals surface area contributed by atoms with Crippen LogP contribution in [0.5, 0.6) is 0 Å². The van der Waals surface area contributed by atoms with Gasteiger partial charge in [-0.25, -0.2) is 4.39 Å². The summed E-state index contributed by atoms with van der Waals surface area (Å²) in [6, 6.07) is 9.69. The third kappa shape index (κ3) is 3.81. The number of hydrogen-bond acceptors (Lipinski definition) is 1. The van der Waals surface area contributed by atoms with Crippen molar-refractivity contribution >= 4 is 49.4 Å². The van der Waals surface area contributed by atoms with Crippen molar-refractivity contribution in [3.05, 3.63) is 67.3 Å². The van der Waals surface area contributed by atoms with Crippen molar-refractivity contribution in [2.75, 3.05) is 0 Å². The highest BCUT2D eigenvalue weighted by Crippen LogP contribution is 2.21. The van der Waals surface area contributed by atoms with Crippen molar-refractivity contribution in [3.8, 4) is 0 Å². The van der Waals surface area contributed by atoms with Gasteiger partial charge in [-0.1, -0.05) is 33.6 Å². The van der Waals surface area contributed by atoms with Gasteiger partial charge in [-0.15, -0.1) is 0 Å². The molecule has 0 aromatic heterocycles. The fourth-order valence-corrected chi connectivity index (χ4v) is 2.59. The van der Waals surface area contributed by atoms with Gasteiger partial charge in [0, 0.05) is 15.5 Å². The molecule has 0 aliphatic rings. The summed E-state index contributed by atoms with van der Waals surface area (Å²) in [5.41, 5.74) is 1.25. The smallest absolute Gasteiger partial charge is 0.252 e. The van der Waals surface area contributed by atoms with Gasteiger partial charge in [0.05, 0.1) is 10.6 Å². The van der Waals surface area contributed by atoms with Gasteiger partial charge in [-0.05, 0) is 51.8 Å². The van der Waals surface area contributed by atoms with E-state index >= 15 is 0 Å². The van der Waals surface area contributed by atoms with E-state index in [4.69, 9.17) is 11.6 Å². The van der Waals surface area contributed by atoms with Crippen molar-refractivity contribution in [2.45, 2.75) is 6.54 Å². The molecule has 1 amide bonds. The van der Waals surface area contributed by atoms with Gasteiger partial charge >= 0.3 is 0 Å². The maximum absolute atomic E-state index is 13.0. The Kier molecular flexibility index (Phi) is 5.18. The second kappa shape index (κ2) is 6.70. The zero-order valence-corrected chi connectivity index (χ0v) is 14.0.